The van der Waals surface area contributed by atoms with Crippen LogP contribution in [0.4, 0.5) is 0 Å². The Balaban J connectivity index is 2.03. The van der Waals surface area contributed by atoms with E-state index >= 15 is 0 Å². The van der Waals surface area contributed by atoms with Crippen molar-refractivity contribution in [2.75, 3.05) is 0 Å². The van der Waals surface area contributed by atoms with Crippen LogP contribution in [0.1, 0.15) is 70.9 Å². The van der Waals surface area contributed by atoms with Crippen LogP contribution in [-0.2, 0) is 6.42 Å². The molecule has 1 aliphatic rings. The van der Waals surface area contributed by atoms with Crippen LogP contribution in [-0.4, -0.2) is 5.60 Å². The molecule has 1 aromatic carbocycles. The molecule has 0 saturated carbocycles. The number of benzene rings is 1. The highest BCUT2D eigenvalue weighted by Gasteiger charge is 2.30. The van der Waals surface area contributed by atoms with Crippen molar-refractivity contribution in [2.24, 2.45) is 11.3 Å². The zero-order chi connectivity index (χ0) is 15.8. The van der Waals surface area contributed by atoms with Crippen molar-refractivity contribution in [3.8, 4) is 5.75 Å². The summed E-state index contributed by atoms with van der Waals surface area (Å²) in [5, 5.41) is 0.0939. The first-order valence-corrected chi connectivity index (χ1v) is 8.45. The van der Waals surface area contributed by atoms with Gasteiger partial charge in [-0.3, -0.25) is 0 Å². The summed E-state index contributed by atoms with van der Waals surface area (Å²) in [6.45, 7) is 13.5. The Morgan fingerprint density at radius 1 is 1.29 bits per heavy atom. The zero-order valence-corrected chi connectivity index (χ0v) is 15.1. The maximum absolute atomic E-state index is 6.66. The van der Waals surface area contributed by atoms with E-state index in [1.165, 1.54) is 17.5 Å². The van der Waals surface area contributed by atoms with Crippen molar-refractivity contribution < 1.29 is 4.74 Å². The molecule has 0 radical (unpaired) electrons. The van der Waals surface area contributed by atoms with Crippen molar-refractivity contribution in [1.29, 1.82) is 0 Å². The summed E-state index contributed by atoms with van der Waals surface area (Å²) in [5.41, 5.74) is 2.82. The van der Waals surface area contributed by atoms with Crippen molar-refractivity contribution in [3.05, 3.63) is 29.3 Å². The fourth-order valence-electron chi connectivity index (χ4n) is 3.44. The van der Waals surface area contributed by atoms with Crippen LogP contribution >= 0.6 is 11.6 Å². The molecule has 2 unspecified atom stereocenters. The molecule has 0 saturated heterocycles. The van der Waals surface area contributed by atoms with E-state index in [1.807, 2.05) is 0 Å². The summed E-state index contributed by atoms with van der Waals surface area (Å²) < 4.78 is 5.93. The van der Waals surface area contributed by atoms with Gasteiger partial charge in [-0.25, -0.2) is 0 Å². The molecule has 2 rings (SSSR count). The SMILES string of the molecule is CC(CC(Cl)c1ccc2c(c1)CC(C)(C)O2)CC(C)(C)C. The Labute approximate surface area is 135 Å². The predicted octanol–water partition coefficient (Wildman–Crippen LogP) is 6.14. The maximum atomic E-state index is 6.66. The topological polar surface area (TPSA) is 9.23 Å². The minimum Gasteiger partial charge on any atom is -0.487 e. The molecular formula is C19H29ClO. The average molecular weight is 309 g/mol. The predicted molar refractivity (Wildman–Crippen MR) is 91.3 cm³/mol. The van der Waals surface area contributed by atoms with E-state index in [2.05, 4.69) is 59.7 Å². The number of alkyl halides is 1. The van der Waals surface area contributed by atoms with Crippen LogP contribution < -0.4 is 4.74 Å². The van der Waals surface area contributed by atoms with Gasteiger partial charge in [-0.1, -0.05) is 39.8 Å². The lowest BCUT2D eigenvalue weighted by atomic mass is 9.83. The standard InChI is InChI=1S/C19H29ClO/c1-13(11-18(2,3)4)9-16(20)14-7-8-17-15(10-14)12-19(5,6)21-17/h7-8,10,13,16H,9,11-12H2,1-6H3. The first-order chi connectivity index (χ1) is 9.56. The second kappa shape index (κ2) is 5.83. The van der Waals surface area contributed by atoms with Crippen molar-refractivity contribution in [2.45, 2.75) is 71.8 Å². The molecule has 0 fully saturated rings. The molecule has 2 heteroatoms. The van der Waals surface area contributed by atoms with Crippen LogP contribution in [0.3, 0.4) is 0 Å². The van der Waals surface area contributed by atoms with E-state index in [4.69, 9.17) is 16.3 Å². The highest BCUT2D eigenvalue weighted by atomic mass is 35.5. The molecule has 1 heterocycles. The van der Waals surface area contributed by atoms with Gasteiger partial charge in [0.1, 0.15) is 11.4 Å². The second-order valence-corrected chi connectivity index (χ2v) is 9.01. The van der Waals surface area contributed by atoms with Crippen molar-refractivity contribution in [1.82, 2.24) is 0 Å². The van der Waals surface area contributed by atoms with Gasteiger partial charge >= 0.3 is 0 Å². The van der Waals surface area contributed by atoms with Gasteiger partial charge in [0.25, 0.3) is 0 Å². The lowest BCUT2D eigenvalue weighted by molar-refractivity contribution is 0.138. The molecule has 0 spiro atoms. The van der Waals surface area contributed by atoms with E-state index in [9.17, 15) is 0 Å². The number of hydrogen-bond acceptors (Lipinski definition) is 1. The van der Waals surface area contributed by atoms with Crippen molar-refractivity contribution >= 4 is 11.6 Å². The van der Waals surface area contributed by atoms with Gasteiger partial charge in [0.15, 0.2) is 0 Å². The van der Waals surface area contributed by atoms with Gasteiger partial charge in [-0.2, -0.15) is 0 Å². The highest BCUT2D eigenvalue weighted by molar-refractivity contribution is 6.20. The smallest absolute Gasteiger partial charge is 0.123 e. The molecule has 2 atom stereocenters. The average Bonchev–Trinajstić information content (AvgIpc) is 2.58. The summed E-state index contributed by atoms with van der Waals surface area (Å²) in [5.74, 6) is 1.66. The molecule has 1 nitrogen and oxygen atoms in total. The number of ether oxygens (including phenoxy) is 1. The third kappa shape index (κ3) is 4.64. The Kier molecular flexibility index (Phi) is 4.63. The monoisotopic (exact) mass is 308 g/mol. The van der Waals surface area contributed by atoms with Crippen LogP contribution in [0.15, 0.2) is 18.2 Å². The van der Waals surface area contributed by atoms with Gasteiger partial charge < -0.3 is 4.74 Å². The van der Waals surface area contributed by atoms with E-state index in [0.717, 1.165) is 18.6 Å². The Hall–Kier alpha value is -0.690. The van der Waals surface area contributed by atoms with Crippen LogP contribution in [0.5, 0.6) is 5.75 Å². The third-order valence-corrected chi connectivity index (χ3v) is 4.45. The summed E-state index contributed by atoms with van der Waals surface area (Å²) in [6.07, 6.45) is 3.20. The summed E-state index contributed by atoms with van der Waals surface area (Å²) in [4.78, 5) is 0. The number of fused-ring (bicyclic) bond motifs is 1. The fraction of sp³-hybridized carbons (Fsp3) is 0.684. The summed E-state index contributed by atoms with van der Waals surface area (Å²) in [6, 6.07) is 6.45. The third-order valence-electron chi connectivity index (χ3n) is 4.02. The van der Waals surface area contributed by atoms with E-state index in [-0.39, 0.29) is 11.0 Å². The quantitative estimate of drug-likeness (QED) is 0.607. The molecule has 118 valence electrons. The molecule has 0 aliphatic carbocycles. The Morgan fingerprint density at radius 3 is 2.57 bits per heavy atom. The molecular weight excluding hydrogens is 280 g/mol. The molecule has 1 aliphatic heterocycles. The Morgan fingerprint density at radius 2 is 1.95 bits per heavy atom. The van der Waals surface area contributed by atoms with Gasteiger partial charge in [0.2, 0.25) is 0 Å². The molecule has 0 N–H and O–H groups in total. The van der Waals surface area contributed by atoms with E-state index < -0.39 is 0 Å². The summed E-state index contributed by atoms with van der Waals surface area (Å²) in [7, 11) is 0. The lowest BCUT2D eigenvalue weighted by Crippen LogP contribution is -2.24. The minimum atomic E-state index is -0.0811. The first kappa shape index (κ1) is 16.7. The molecule has 0 bridgehead atoms. The van der Waals surface area contributed by atoms with Gasteiger partial charge in [-0.05, 0) is 55.2 Å². The lowest BCUT2D eigenvalue weighted by Gasteiger charge is -2.24. The second-order valence-electron chi connectivity index (χ2n) is 8.48. The minimum absolute atomic E-state index is 0.0811. The molecule has 1 aromatic rings. The molecule has 0 amide bonds. The number of rotatable bonds is 4. The van der Waals surface area contributed by atoms with Gasteiger partial charge in [0, 0.05) is 6.42 Å². The highest BCUT2D eigenvalue weighted by Crippen LogP contribution is 2.39. The zero-order valence-electron chi connectivity index (χ0n) is 14.3. The van der Waals surface area contributed by atoms with E-state index in [1.54, 1.807) is 0 Å². The maximum Gasteiger partial charge on any atom is 0.123 e. The fourth-order valence-corrected chi connectivity index (χ4v) is 3.88. The molecule has 21 heavy (non-hydrogen) atoms. The largest absolute Gasteiger partial charge is 0.487 e. The van der Waals surface area contributed by atoms with E-state index in [0.29, 0.717) is 11.3 Å². The molecule has 0 aromatic heterocycles. The van der Waals surface area contributed by atoms with Gasteiger partial charge in [0.05, 0.1) is 5.38 Å². The normalized spacial score (nSPS) is 19.8. The van der Waals surface area contributed by atoms with Gasteiger partial charge in [-0.15, -0.1) is 11.6 Å². The van der Waals surface area contributed by atoms with Crippen molar-refractivity contribution in [3.63, 3.8) is 0 Å². The number of hydrogen-bond donors (Lipinski definition) is 0. The first-order valence-electron chi connectivity index (χ1n) is 8.02. The Bertz CT molecular complexity index is 499. The van der Waals surface area contributed by atoms with Crippen LogP contribution in [0.2, 0.25) is 0 Å². The number of halogens is 1. The van der Waals surface area contributed by atoms with Crippen LogP contribution in [0.25, 0.3) is 0 Å². The van der Waals surface area contributed by atoms with Crippen LogP contribution in [0, 0.1) is 11.3 Å². The summed E-state index contributed by atoms with van der Waals surface area (Å²) >= 11 is 6.66.